The molecular weight excluding hydrogens is 244 g/mol. The second-order valence-electron chi connectivity index (χ2n) is 4.64. The van der Waals surface area contributed by atoms with Gasteiger partial charge in [-0.1, -0.05) is 12.1 Å². The van der Waals surface area contributed by atoms with E-state index >= 15 is 0 Å². The van der Waals surface area contributed by atoms with Crippen molar-refractivity contribution in [1.29, 1.82) is 0 Å². The molecule has 1 aromatic rings. The van der Waals surface area contributed by atoms with Crippen LogP contribution in [0.3, 0.4) is 0 Å². The smallest absolute Gasteiger partial charge is 0.224 e. The fourth-order valence-electron chi connectivity index (χ4n) is 2.10. The van der Waals surface area contributed by atoms with E-state index in [2.05, 4.69) is 10.6 Å². The van der Waals surface area contributed by atoms with Crippen LogP contribution in [-0.4, -0.2) is 31.5 Å². The third kappa shape index (κ3) is 3.98. The van der Waals surface area contributed by atoms with Crippen molar-refractivity contribution in [3.05, 3.63) is 29.8 Å². The molecule has 1 aliphatic rings. The Morgan fingerprint density at radius 1 is 1.53 bits per heavy atom. The fraction of sp³-hybridized carbons (Fsp3) is 0.429. The molecule has 0 bridgehead atoms. The normalized spacial score (nSPS) is 18.6. The average Bonchev–Trinajstić information content (AvgIpc) is 2.41. The fourth-order valence-corrected chi connectivity index (χ4v) is 2.10. The molecule has 1 aromatic carbocycles. The molecular formula is C14H18N2O3. The second kappa shape index (κ2) is 6.22. The van der Waals surface area contributed by atoms with Gasteiger partial charge in [0.15, 0.2) is 0 Å². The Bertz CT molecular complexity index is 464. The van der Waals surface area contributed by atoms with Crippen LogP contribution in [0.1, 0.15) is 18.4 Å². The predicted molar refractivity (Wildman–Crippen MR) is 70.9 cm³/mol. The molecule has 1 unspecified atom stereocenters. The first kappa shape index (κ1) is 13.4. The van der Waals surface area contributed by atoms with Crippen LogP contribution in [0.15, 0.2) is 24.3 Å². The maximum Gasteiger partial charge on any atom is 0.224 e. The van der Waals surface area contributed by atoms with Gasteiger partial charge in [-0.2, -0.15) is 0 Å². The molecule has 5 heteroatoms. The molecule has 1 saturated heterocycles. The van der Waals surface area contributed by atoms with Gasteiger partial charge in [0, 0.05) is 19.0 Å². The van der Waals surface area contributed by atoms with Crippen molar-refractivity contribution < 1.29 is 14.3 Å². The standard InChI is InChI=1S/C14H18N2O3/c1-19-12-4-2-3-10(7-12)8-14(18)16-11-5-6-13(17)15-9-11/h2-4,7,11H,5-6,8-9H2,1H3,(H,15,17)(H,16,18). The molecule has 0 aromatic heterocycles. The van der Waals surface area contributed by atoms with Crippen molar-refractivity contribution in [2.45, 2.75) is 25.3 Å². The van der Waals surface area contributed by atoms with Gasteiger partial charge >= 0.3 is 0 Å². The average molecular weight is 262 g/mol. The Morgan fingerprint density at radius 2 is 2.37 bits per heavy atom. The van der Waals surface area contributed by atoms with Crippen molar-refractivity contribution in [1.82, 2.24) is 10.6 Å². The van der Waals surface area contributed by atoms with Gasteiger partial charge in [0.25, 0.3) is 0 Å². The molecule has 5 nitrogen and oxygen atoms in total. The molecule has 0 radical (unpaired) electrons. The number of carbonyl (C=O) groups is 2. The van der Waals surface area contributed by atoms with E-state index < -0.39 is 0 Å². The molecule has 0 aliphatic carbocycles. The summed E-state index contributed by atoms with van der Waals surface area (Å²) >= 11 is 0. The molecule has 2 amide bonds. The highest BCUT2D eigenvalue weighted by Crippen LogP contribution is 2.13. The summed E-state index contributed by atoms with van der Waals surface area (Å²) in [6, 6.07) is 7.49. The lowest BCUT2D eigenvalue weighted by atomic mass is 10.1. The minimum Gasteiger partial charge on any atom is -0.497 e. The highest BCUT2D eigenvalue weighted by atomic mass is 16.5. The van der Waals surface area contributed by atoms with Crippen molar-refractivity contribution >= 4 is 11.8 Å². The van der Waals surface area contributed by atoms with Gasteiger partial charge in [-0.25, -0.2) is 0 Å². The van der Waals surface area contributed by atoms with Gasteiger partial charge < -0.3 is 15.4 Å². The molecule has 2 rings (SSSR count). The minimum atomic E-state index is -0.0330. The van der Waals surface area contributed by atoms with Crippen molar-refractivity contribution in [2.75, 3.05) is 13.7 Å². The van der Waals surface area contributed by atoms with Crippen LogP contribution in [0.4, 0.5) is 0 Å². The van der Waals surface area contributed by atoms with Gasteiger partial charge in [0.2, 0.25) is 11.8 Å². The molecule has 1 aliphatic heterocycles. The Morgan fingerprint density at radius 3 is 3.05 bits per heavy atom. The number of nitrogens with one attached hydrogen (secondary N) is 2. The van der Waals surface area contributed by atoms with E-state index in [-0.39, 0.29) is 17.9 Å². The van der Waals surface area contributed by atoms with Crippen LogP contribution in [0, 0.1) is 0 Å². The largest absolute Gasteiger partial charge is 0.497 e. The van der Waals surface area contributed by atoms with E-state index in [0.29, 0.717) is 25.8 Å². The number of amides is 2. The zero-order valence-electron chi connectivity index (χ0n) is 10.9. The summed E-state index contributed by atoms with van der Waals surface area (Å²) in [6.45, 7) is 0.517. The molecule has 102 valence electrons. The zero-order chi connectivity index (χ0) is 13.7. The third-order valence-corrected chi connectivity index (χ3v) is 3.13. The molecule has 1 heterocycles. The van der Waals surface area contributed by atoms with Crippen LogP contribution in [-0.2, 0) is 16.0 Å². The Labute approximate surface area is 112 Å². The minimum absolute atomic E-state index is 0.0330. The van der Waals surface area contributed by atoms with Crippen LogP contribution in [0.2, 0.25) is 0 Å². The molecule has 19 heavy (non-hydrogen) atoms. The van der Waals surface area contributed by atoms with Crippen LogP contribution in [0.5, 0.6) is 5.75 Å². The van der Waals surface area contributed by atoms with E-state index in [0.717, 1.165) is 11.3 Å². The quantitative estimate of drug-likeness (QED) is 0.836. The van der Waals surface area contributed by atoms with Gasteiger partial charge in [0.1, 0.15) is 5.75 Å². The Kier molecular flexibility index (Phi) is 4.39. The van der Waals surface area contributed by atoms with E-state index in [9.17, 15) is 9.59 Å². The molecule has 0 saturated carbocycles. The lowest BCUT2D eigenvalue weighted by Gasteiger charge is -2.23. The molecule has 1 fully saturated rings. The zero-order valence-corrected chi connectivity index (χ0v) is 10.9. The van der Waals surface area contributed by atoms with Crippen molar-refractivity contribution in [3.8, 4) is 5.75 Å². The first-order valence-corrected chi connectivity index (χ1v) is 6.36. The summed E-state index contributed by atoms with van der Waals surface area (Å²) in [7, 11) is 1.60. The monoisotopic (exact) mass is 262 g/mol. The highest BCUT2D eigenvalue weighted by molar-refractivity contribution is 5.80. The van der Waals surface area contributed by atoms with E-state index in [1.165, 1.54) is 0 Å². The number of methoxy groups -OCH3 is 1. The van der Waals surface area contributed by atoms with Crippen LogP contribution >= 0.6 is 0 Å². The number of rotatable bonds is 4. The second-order valence-corrected chi connectivity index (χ2v) is 4.64. The van der Waals surface area contributed by atoms with E-state index in [1.54, 1.807) is 7.11 Å². The van der Waals surface area contributed by atoms with Crippen LogP contribution < -0.4 is 15.4 Å². The predicted octanol–water partition coefficient (Wildman–Crippen LogP) is 0.632. The molecule has 2 N–H and O–H groups in total. The first-order chi connectivity index (χ1) is 9.17. The maximum absolute atomic E-state index is 11.9. The number of hydrogen-bond donors (Lipinski definition) is 2. The summed E-state index contributed by atoms with van der Waals surface area (Å²) in [5, 5.41) is 5.68. The van der Waals surface area contributed by atoms with Crippen molar-refractivity contribution in [2.24, 2.45) is 0 Å². The van der Waals surface area contributed by atoms with E-state index in [1.807, 2.05) is 24.3 Å². The van der Waals surface area contributed by atoms with Crippen molar-refractivity contribution in [3.63, 3.8) is 0 Å². The number of carbonyl (C=O) groups excluding carboxylic acids is 2. The van der Waals surface area contributed by atoms with E-state index in [4.69, 9.17) is 4.74 Å². The summed E-state index contributed by atoms with van der Waals surface area (Å²) in [4.78, 5) is 22.9. The third-order valence-electron chi connectivity index (χ3n) is 3.13. The molecule has 0 spiro atoms. The summed E-state index contributed by atoms with van der Waals surface area (Å²) < 4.78 is 5.12. The first-order valence-electron chi connectivity index (χ1n) is 6.36. The van der Waals surface area contributed by atoms with Gasteiger partial charge in [0.05, 0.1) is 13.5 Å². The number of piperidine rings is 1. The summed E-state index contributed by atoms with van der Waals surface area (Å²) in [6.07, 6.45) is 1.50. The molecule has 1 atom stereocenters. The Hall–Kier alpha value is -2.04. The maximum atomic E-state index is 11.9. The number of ether oxygens (including phenoxy) is 1. The topological polar surface area (TPSA) is 67.4 Å². The summed E-state index contributed by atoms with van der Waals surface area (Å²) in [5.74, 6) is 0.767. The Balaban J connectivity index is 1.85. The highest BCUT2D eigenvalue weighted by Gasteiger charge is 2.19. The van der Waals surface area contributed by atoms with Crippen LogP contribution in [0.25, 0.3) is 0 Å². The van der Waals surface area contributed by atoms with Gasteiger partial charge in [-0.15, -0.1) is 0 Å². The SMILES string of the molecule is COc1cccc(CC(=O)NC2CCC(=O)NC2)c1. The summed E-state index contributed by atoms with van der Waals surface area (Å²) in [5.41, 5.74) is 0.914. The lowest BCUT2D eigenvalue weighted by molar-refractivity contribution is -0.125. The number of hydrogen-bond acceptors (Lipinski definition) is 3. The number of benzene rings is 1. The van der Waals surface area contributed by atoms with Gasteiger partial charge in [-0.3, -0.25) is 9.59 Å². The lowest BCUT2D eigenvalue weighted by Crippen LogP contribution is -2.48. The van der Waals surface area contributed by atoms with Gasteiger partial charge in [-0.05, 0) is 24.1 Å².